The van der Waals surface area contributed by atoms with Crippen molar-refractivity contribution < 1.29 is 13.7 Å². The first kappa shape index (κ1) is 21.1. The van der Waals surface area contributed by atoms with Gasteiger partial charge in [-0.05, 0) is 43.0 Å². The standard InChI is InChI=1S/C25H28FN3O2/c1-18(2)16-29(24(30)20-10-12-21(26)13-11-20)17-22-23(19-8-4-3-5-9-19)27-31-25(22)28-14-6-7-15-28/h3-5,8-13,18H,6-7,14-17H2,1-2H3. The van der Waals surface area contributed by atoms with Crippen molar-refractivity contribution in [2.75, 3.05) is 24.5 Å². The Bertz CT molecular complexity index is 1010. The second kappa shape index (κ2) is 9.33. The highest BCUT2D eigenvalue weighted by Gasteiger charge is 2.28. The van der Waals surface area contributed by atoms with Crippen LogP contribution in [0.1, 0.15) is 42.6 Å². The number of hydrogen-bond donors (Lipinski definition) is 0. The van der Waals surface area contributed by atoms with E-state index < -0.39 is 0 Å². The van der Waals surface area contributed by atoms with E-state index in [0.29, 0.717) is 18.7 Å². The zero-order valence-corrected chi connectivity index (χ0v) is 18.1. The summed E-state index contributed by atoms with van der Waals surface area (Å²) in [6.07, 6.45) is 2.23. The fourth-order valence-electron chi connectivity index (χ4n) is 4.06. The van der Waals surface area contributed by atoms with Crippen LogP contribution in [-0.2, 0) is 6.54 Å². The van der Waals surface area contributed by atoms with Crippen LogP contribution in [0.25, 0.3) is 11.3 Å². The molecule has 2 aromatic carbocycles. The van der Waals surface area contributed by atoms with Gasteiger partial charge in [-0.25, -0.2) is 4.39 Å². The molecule has 162 valence electrons. The quantitative estimate of drug-likeness (QED) is 0.514. The van der Waals surface area contributed by atoms with Gasteiger partial charge in [0.25, 0.3) is 5.91 Å². The SMILES string of the molecule is CC(C)CN(Cc1c(-c2ccccc2)noc1N1CCCC1)C(=O)c1ccc(F)cc1. The highest BCUT2D eigenvalue weighted by Crippen LogP contribution is 2.34. The van der Waals surface area contributed by atoms with E-state index in [1.165, 1.54) is 24.3 Å². The van der Waals surface area contributed by atoms with E-state index in [1.54, 1.807) is 0 Å². The van der Waals surface area contributed by atoms with E-state index in [2.05, 4.69) is 23.9 Å². The Morgan fingerprint density at radius 2 is 1.77 bits per heavy atom. The van der Waals surface area contributed by atoms with Crippen molar-refractivity contribution >= 4 is 11.8 Å². The number of amides is 1. The fraction of sp³-hybridized carbons (Fsp3) is 0.360. The molecule has 31 heavy (non-hydrogen) atoms. The first-order chi connectivity index (χ1) is 15.0. The molecule has 0 bridgehead atoms. The third-order valence-electron chi connectivity index (χ3n) is 5.52. The highest BCUT2D eigenvalue weighted by atomic mass is 19.1. The Morgan fingerprint density at radius 3 is 2.42 bits per heavy atom. The molecule has 5 nitrogen and oxygen atoms in total. The Balaban J connectivity index is 1.71. The lowest BCUT2D eigenvalue weighted by molar-refractivity contribution is 0.0723. The number of anilines is 1. The maximum Gasteiger partial charge on any atom is 0.254 e. The maximum atomic E-state index is 13.4. The summed E-state index contributed by atoms with van der Waals surface area (Å²) in [7, 11) is 0. The van der Waals surface area contributed by atoms with Gasteiger partial charge in [-0.2, -0.15) is 0 Å². The van der Waals surface area contributed by atoms with Gasteiger partial charge >= 0.3 is 0 Å². The molecular formula is C25H28FN3O2. The zero-order chi connectivity index (χ0) is 21.8. The van der Waals surface area contributed by atoms with Crippen molar-refractivity contribution in [2.24, 2.45) is 5.92 Å². The van der Waals surface area contributed by atoms with Crippen LogP contribution in [-0.4, -0.2) is 35.6 Å². The predicted molar refractivity (Wildman–Crippen MR) is 119 cm³/mol. The molecule has 1 amide bonds. The molecule has 3 aromatic rings. The molecule has 0 aliphatic carbocycles. The second-order valence-electron chi connectivity index (χ2n) is 8.46. The number of halogens is 1. The van der Waals surface area contributed by atoms with E-state index >= 15 is 0 Å². The van der Waals surface area contributed by atoms with Crippen LogP contribution in [0.3, 0.4) is 0 Å². The minimum atomic E-state index is -0.353. The first-order valence-corrected chi connectivity index (χ1v) is 10.9. The van der Waals surface area contributed by atoms with Crippen LogP contribution in [0, 0.1) is 11.7 Å². The largest absolute Gasteiger partial charge is 0.340 e. The number of rotatable bonds is 7. The van der Waals surface area contributed by atoms with Crippen LogP contribution < -0.4 is 4.90 Å². The highest BCUT2D eigenvalue weighted by molar-refractivity contribution is 5.94. The number of carbonyl (C=O) groups is 1. The van der Waals surface area contributed by atoms with Crippen molar-refractivity contribution in [3.05, 3.63) is 71.5 Å². The van der Waals surface area contributed by atoms with E-state index in [-0.39, 0.29) is 17.6 Å². The maximum absolute atomic E-state index is 13.4. The lowest BCUT2D eigenvalue weighted by Crippen LogP contribution is -2.34. The van der Waals surface area contributed by atoms with Crippen molar-refractivity contribution in [3.63, 3.8) is 0 Å². The molecule has 1 saturated heterocycles. The van der Waals surface area contributed by atoms with E-state index in [9.17, 15) is 9.18 Å². The average Bonchev–Trinajstić information content (AvgIpc) is 3.43. The summed E-state index contributed by atoms with van der Waals surface area (Å²) in [5.41, 5.74) is 3.13. The number of nitrogens with zero attached hydrogens (tertiary/aromatic N) is 3. The third kappa shape index (κ3) is 4.79. The van der Waals surface area contributed by atoms with Gasteiger partial charge in [0.15, 0.2) is 0 Å². The minimum Gasteiger partial charge on any atom is -0.340 e. The van der Waals surface area contributed by atoms with Gasteiger partial charge in [0.05, 0.1) is 12.1 Å². The number of benzene rings is 2. The van der Waals surface area contributed by atoms with Crippen LogP contribution >= 0.6 is 0 Å². The minimum absolute atomic E-state index is 0.124. The number of hydrogen-bond acceptors (Lipinski definition) is 4. The molecule has 0 radical (unpaired) electrons. The number of carbonyl (C=O) groups excluding carboxylic acids is 1. The molecule has 0 atom stereocenters. The molecule has 0 unspecified atom stereocenters. The lowest BCUT2D eigenvalue weighted by Gasteiger charge is -2.26. The fourth-order valence-corrected chi connectivity index (χ4v) is 4.06. The van der Waals surface area contributed by atoms with Crippen LogP contribution in [0.2, 0.25) is 0 Å². The zero-order valence-electron chi connectivity index (χ0n) is 18.1. The van der Waals surface area contributed by atoms with Crippen molar-refractivity contribution in [3.8, 4) is 11.3 Å². The Hall–Kier alpha value is -3.15. The molecule has 1 fully saturated rings. The van der Waals surface area contributed by atoms with Gasteiger partial charge in [-0.3, -0.25) is 4.79 Å². The molecule has 0 N–H and O–H groups in total. The summed E-state index contributed by atoms with van der Waals surface area (Å²) in [6.45, 7) is 6.97. The van der Waals surface area contributed by atoms with Gasteiger partial charge in [-0.15, -0.1) is 0 Å². The van der Waals surface area contributed by atoms with Gasteiger partial charge < -0.3 is 14.3 Å². The van der Waals surface area contributed by atoms with E-state index in [0.717, 1.165) is 48.6 Å². The van der Waals surface area contributed by atoms with Crippen LogP contribution in [0.15, 0.2) is 59.1 Å². The van der Waals surface area contributed by atoms with Gasteiger partial charge in [0.2, 0.25) is 5.88 Å². The van der Waals surface area contributed by atoms with Crippen molar-refractivity contribution in [1.29, 1.82) is 0 Å². The molecule has 1 aliphatic rings. The van der Waals surface area contributed by atoms with E-state index in [4.69, 9.17) is 4.52 Å². The first-order valence-electron chi connectivity index (χ1n) is 10.9. The predicted octanol–water partition coefficient (Wildman–Crippen LogP) is 5.38. The molecule has 0 saturated carbocycles. The molecule has 0 spiro atoms. The van der Waals surface area contributed by atoms with Crippen LogP contribution in [0.5, 0.6) is 0 Å². The van der Waals surface area contributed by atoms with Gasteiger partial charge in [-0.1, -0.05) is 49.3 Å². The summed E-state index contributed by atoms with van der Waals surface area (Å²) in [4.78, 5) is 17.4. The lowest BCUT2D eigenvalue weighted by atomic mass is 10.1. The van der Waals surface area contributed by atoms with Crippen molar-refractivity contribution in [2.45, 2.75) is 33.2 Å². The number of aromatic nitrogens is 1. The Labute approximate surface area is 182 Å². The molecule has 1 aliphatic heterocycles. The normalized spacial score (nSPS) is 13.7. The molecular weight excluding hydrogens is 393 g/mol. The Morgan fingerprint density at radius 1 is 1.10 bits per heavy atom. The summed E-state index contributed by atoms with van der Waals surface area (Å²) >= 11 is 0. The summed E-state index contributed by atoms with van der Waals surface area (Å²) < 4.78 is 19.2. The average molecular weight is 422 g/mol. The second-order valence-corrected chi connectivity index (χ2v) is 8.46. The van der Waals surface area contributed by atoms with Gasteiger partial charge in [0, 0.05) is 30.8 Å². The summed E-state index contributed by atoms with van der Waals surface area (Å²) in [6, 6.07) is 15.6. The molecule has 1 aromatic heterocycles. The van der Waals surface area contributed by atoms with E-state index in [1.807, 2.05) is 35.2 Å². The third-order valence-corrected chi connectivity index (χ3v) is 5.52. The monoisotopic (exact) mass is 421 g/mol. The van der Waals surface area contributed by atoms with Crippen molar-refractivity contribution in [1.82, 2.24) is 10.1 Å². The molecule has 4 rings (SSSR count). The van der Waals surface area contributed by atoms with Gasteiger partial charge in [0.1, 0.15) is 11.5 Å². The summed E-state index contributed by atoms with van der Waals surface area (Å²) in [5.74, 6) is 0.548. The summed E-state index contributed by atoms with van der Waals surface area (Å²) in [5, 5.41) is 4.40. The molecule has 6 heteroatoms. The smallest absolute Gasteiger partial charge is 0.254 e. The topological polar surface area (TPSA) is 49.6 Å². The molecule has 2 heterocycles. The van der Waals surface area contributed by atoms with Crippen LogP contribution in [0.4, 0.5) is 10.3 Å². The Kier molecular flexibility index (Phi) is 6.35.